The van der Waals surface area contributed by atoms with Crippen LogP contribution in [0.4, 0.5) is 0 Å². The fourth-order valence-corrected chi connectivity index (χ4v) is 2.21. The Balaban J connectivity index is 2.16. The van der Waals surface area contributed by atoms with E-state index in [1.165, 1.54) is 12.8 Å². The van der Waals surface area contributed by atoms with E-state index in [-0.39, 0.29) is 6.61 Å². The Kier molecular flexibility index (Phi) is 4.00. The van der Waals surface area contributed by atoms with Crippen LogP contribution in [0.3, 0.4) is 0 Å². The van der Waals surface area contributed by atoms with Crippen molar-refractivity contribution in [2.24, 2.45) is 0 Å². The van der Waals surface area contributed by atoms with E-state index in [1.54, 1.807) is 0 Å². The second kappa shape index (κ2) is 5.50. The smallest absolute Gasteiger partial charge is 0.214 e. The number of aliphatic hydroxyl groups is 1. The van der Waals surface area contributed by atoms with Gasteiger partial charge in [0.15, 0.2) is 0 Å². The van der Waals surface area contributed by atoms with Crippen LogP contribution in [0.2, 0.25) is 0 Å². The van der Waals surface area contributed by atoms with Crippen molar-refractivity contribution >= 4 is 0 Å². The third-order valence-electron chi connectivity index (χ3n) is 3.25. The van der Waals surface area contributed by atoms with Crippen LogP contribution in [-0.4, -0.2) is 16.2 Å². The molecule has 3 heteroatoms. The standard InChI is InChI=1S/C14H21NO2/c1-10(2)13-7-11(9-16)8-14(15-13)17-12-5-3-4-6-12/h7-8,10,12,16H,3-6,9H2,1-2H3. The zero-order chi connectivity index (χ0) is 12.3. The van der Waals surface area contributed by atoms with Crippen molar-refractivity contribution in [2.45, 2.75) is 58.2 Å². The van der Waals surface area contributed by atoms with Crippen molar-refractivity contribution in [3.8, 4) is 5.88 Å². The molecule has 0 atom stereocenters. The lowest BCUT2D eigenvalue weighted by atomic mass is 10.1. The molecule has 0 unspecified atom stereocenters. The van der Waals surface area contributed by atoms with Gasteiger partial charge < -0.3 is 9.84 Å². The minimum absolute atomic E-state index is 0.0449. The molecule has 1 aromatic heterocycles. The molecular weight excluding hydrogens is 214 g/mol. The number of ether oxygens (including phenoxy) is 1. The van der Waals surface area contributed by atoms with Gasteiger partial charge in [-0.25, -0.2) is 4.98 Å². The Morgan fingerprint density at radius 2 is 2.06 bits per heavy atom. The second-order valence-corrected chi connectivity index (χ2v) is 5.08. The van der Waals surface area contributed by atoms with Gasteiger partial charge in [-0.05, 0) is 43.2 Å². The van der Waals surface area contributed by atoms with E-state index in [2.05, 4.69) is 18.8 Å². The monoisotopic (exact) mass is 235 g/mol. The first kappa shape index (κ1) is 12.4. The summed E-state index contributed by atoms with van der Waals surface area (Å²) in [6, 6.07) is 3.80. The highest BCUT2D eigenvalue weighted by Gasteiger charge is 2.17. The van der Waals surface area contributed by atoms with Crippen molar-refractivity contribution in [3.63, 3.8) is 0 Å². The molecule has 0 spiro atoms. The molecule has 1 aliphatic rings. The molecule has 0 amide bonds. The van der Waals surface area contributed by atoms with Crippen molar-refractivity contribution in [1.82, 2.24) is 4.98 Å². The lowest BCUT2D eigenvalue weighted by molar-refractivity contribution is 0.199. The van der Waals surface area contributed by atoms with Crippen molar-refractivity contribution < 1.29 is 9.84 Å². The van der Waals surface area contributed by atoms with Crippen LogP contribution in [0.15, 0.2) is 12.1 Å². The third kappa shape index (κ3) is 3.19. The minimum Gasteiger partial charge on any atom is -0.474 e. The molecule has 1 saturated carbocycles. The molecule has 1 fully saturated rings. The first-order chi connectivity index (χ1) is 8.19. The van der Waals surface area contributed by atoms with Gasteiger partial charge in [0.25, 0.3) is 0 Å². The number of rotatable bonds is 4. The van der Waals surface area contributed by atoms with Crippen molar-refractivity contribution in [1.29, 1.82) is 0 Å². The second-order valence-electron chi connectivity index (χ2n) is 5.08. The van der Waals surface area contributed by atoms with Crippen LogP contribution in [0.25, 0.3) is 0 Å². The molecule has 2 rings (SSSR count). The van der Waals surface area contributed by atoms with Gasteiger partial charge in [0, 0.05) is 11.8 Å². The van der Waals surface area contributed by atoms with Crippen LogP contribution in [0.5, 0.6) is 5.88 Å². The zero-order valence-electron chi connectivity index (χ0n) is 10.6. The molecule has 1 N–H and O–H groups in total. The van der Waals surface area contributed by atoms with E-state index in [1.807, 2.05) is 12.1 Å². The summed E-state index contributed by atoms with van der Waals surface area (Å²) in [6.45, 7) is 4.24. The van der Waals surface area contributed by atoms with Crippen LogP contribution in [0, 0.1) is 0 Å². The molecule has 1 aliphatic carbocycles. The van der Waals surface area contributed by atoms with E-state index >= 15 is 0 Å². The first-order valence-electron chi connectivity index (χ1n) is 6.47. The lowest BCUT2D eigenvalue weighted by Gasteiger charge is -2.15. The predicted molar refractivity (Wildman–Crippen MR) is 67.1 cm³/mol. The Morgan fingerprint density at radius 3 is 2.65 bits per heavy atom. The van der Waals surface area contributed by atoms with Gasteiger partial charge in [-0.2, -0.15) is 0 Å². The molecule has 0 aromatic carbocycles. The average molecular weight is 235 g/mol. The predicted octanol–water partition coefficient (Wildman–Crippen LogP) is 3.02. The summed E-state index contributed by atoms with van der Waals surface area (Å²) in [5.41, 5.74) is 1.88. The largest absolute Gasteiger partial charge is 0.474 e. The molecule has 3 nitrogen and oxygen atoms in total. The fourth-order valence-electron chi connectivity index (χ4n) is 2.21. The summed E-state index contributed by atoms with van der Waals surface area (Å²) < 4.78 is 5.89. The number of aromatic nitrogens is 1. The van der Waals surface area contributed by atoms with Gasteiger partial charge in [-0.1, -0.05) is 13.8 Å². The van der Waals surface area contributed by atoms with Crippen molar-refractivity contribution in [3.05, 3.63) is 23.4 Å². The fraction of sp³-hybridized carbons (Fsp3) is 0.643. The maximum atomic E-state index is 9.25. The minimum atomic E-state index is 0.0449. The Bertz CT molecular complexity index is 370. The highest BCUT2D eigenvalue weighted by molar-refractivity contribution is 5.26. The van der Waals surface area contributed by atoms with Crippen LogP contribution in [-0.2, 0) is 6.61 Å². The SMILES string of the molecule is CC(C)c1cc(CO)cc(OC2CCCC2)n1. The normalized spacial score (nSPS) is 16.7. The third-order valence-corrected chi connectivity index (χ3v) is 3.25. The molecule has 94 valence electrons. The number of hydrogen-bond acceptors (Lipinski definition) is 3. The lowest BCUT2D eigenvalue weighted by Crippen LogP contribution is -2.13. The van der Waals surface area contributed by atoms with Crippen LogP contribution in [0.1, 0.15) is 56.7 Å². The first-order valence-corrected chi connectivity index (χ1v) is 6.47. The Morgan fingerprint density at radius 1 is 1.35 bits per heavy atom. The quantitative estimate of drug-likeness (QED) is 0.872. The summed E-state index contributed by atoms with van der Waals surface area (Å²) in [4.78, 5) is 4.51. The Labute approximate surface area is 103 Å². The van der Waals surface area contributed by atoms with Gasteiger partial charge in [0.1, 0.15) is 6.10 Å². The molecule has 1 aromatic rings. The van der Waals surface area contributed by atoms with Gasteiger partial charge in [-0.15, -0.1) is 0 Å². The highest BCUT2D eigenvalue weighted by Crippen LogP contribution is 2.25. The van der Waals surface area contributed by atoms with E-state index in [0.717, 1.165) is 24.1 Å². The molecule has 0 bridgehead atoms. The molecule has 17 heavy (non-hydrogen) atoms. The summed E-state index contributed by atoms with van der Waals surface area (Å²) >= 11 is 0. The molecule has 0 aliphatic heterocycles. The van der Waals surface area contributed by atoms with Crippen LogP contribution < -0.4 is 4.74 Å². The van der Waals surface area contributed by atoms with E-state index in [4.69, 9.17) is 4.74 Å². The van der Waals surface area contributed by atoms with E-state index in [0.29, 0.717) is 17.9 Å². The maximum absolute atomic E-state index is 9.25. The van der Waals surface area contributed by atoms with E-state index < -0.39 is 0 Å². The number of aliphatic hydroxyl groups excluding tert-OH is 1. The van der Waals surface area contributed by atoms with Gasteiger partial charge in [0.05, 0.1) is 6.61 Å². The summed E-state index contributed by atoms with van der Waals surface area (Å²) in [5, 5.41) is 9.25. The molecular formula is C14H21NO2. The summed E-state index contributed by atoms with van der Waals surface area (Å²) in [7, 11) is 0. The summed E-state index contributed by atoms with van der Waals surface area (Å²) in [5.74, 6) is 1.03. The van der Waals surface area contributed by atoms with Gasteiger partial charge in [-0.3, -0.25) is 0 Å². The number of nitrogens with zero attached hydrogens (tertiary/aromatic N) is 1. The van der Waals surface area contributed by atoms with Gasteiger partial charge in [0.2, 0.25) is 5.88 Å². The average Bonchev–Trinajstić information content (AvgIpc) is 2.81. The maximum Gasteiger partial charge on any atom is 0.214 e. The summed E-state index contributed by atoms with van der Waals surface area (Å²) in [6.07, 6.45) is 5.07. The zero-order valence-corrected chi connectivity index (χ0v) is 10.6. The number of pyridine rings is 1. The van der Waals surface area contributed by atoms with E-state index in [9.17, 15) is 5.11 Å². The molecule has 1 heterocycles. The number of hydrogen-bond donors (Lipinski definition) is 1. The Hall–Kier alpha value is -1.09. The molecule has 0 radical (unpaired) electrons. The van der Waals surface area contributed by atoms with Crippen LogP contribution >= 0.6 is 0 Å². The highest BCUT2D eigenvalue weighted by atomic mass is 16.5. The van der Waals surface area contributed by atoms with Gasteiger partial charge >= 0.3 is 0 Å². The molecule has 0 saturated heterocycles. The van der Waals surface area contributed by atoms with Crippen molar-refractivity contribution in [2.75, 3.05) is 0 Å². The topological polar surface area (TPSA) is 42.4 Å².